The number of nitriles is 1. The van der Waals surface area contributed by atoms with E-state index in [1.165, 1.54) is 24.8 Å². The highest BCUT2D eigenvalue weighted by atomic mass is 15.2. The molecule has 2 aliphatic rings. The maximum absolute atomic E-state index is 9.27. The zero-order valence-corrected chi connectivity index (χ0v) is 19.9. The van der Waals surface area contributed by atoms with Gasteiger partial charge in [0.15, 0.2) is 5.65 Å². The van der Waals surface area contributed by atoms with E-state index in [9.17, 15) is 5.26 Å². The Hall–Kier alpha value is -3.98. The van der Waals surface area contributed by atoms with Crippen molar-refractivity contribution in [1.82, 2.24) is 14.5 Å². The third-order valence-electron chi connectivity index (χ3n) is 7.16. The van der Waals surface area contributed by atoms with Gasteiger partial charge >= 0.3 is 0 Å². The lowest BCUT2D eigenvalue weighted by atomic mass is 9.99. The molecule has 2 aromatic heterocycles. The van der Waals surface area contributed by atoms with E-state index in [1.54, 1.807) is 0 Å². The lowest BCUT2D eigenvalue weighted by Gasteiger charge is -2.32. The van der Waals surface area contributed by atoms with Gasteiger partial charge < -0.3 is 9.89 Å². The van der Waals surface area contributed by atoms with Gasteiger partial charge in [-0.1, -0.05) is 12.1 Å². The number of hydrogen-bond acceptors (Lipinski definition) is 5. The maximum atomic E-state index is 9.27. The van der Waals surface area contributed by atoms with E-state index in [2.05, 4.69) is 57.1 Å². The number of rotatable bonds is 5. The molecule has 1 atom stereocenters. The summed E-state index contributed by atoms with van der Waals surface area (Å²) in [6.45, 7) is 1.94. The molecule has 1 aliphatic carbocycles. The minimum atomic E-state index is 0.451. The number of nitrogens with zero attached hydrogens (tertiary/aromatic N) is 6. The van der Waals surface area contributed by atoms with Gasteiger partial charge in [0.2, 0.25) is 0 Å². The van der Waals surface area contributed by atoms with Crippen molar-refractivity contribution in [1.29, 1.82) is 5.26 Å². The first-order chi connectivity index (χ1) is 17.2. The molecule has 2 fully saturated rings. The van der Waals surface area contributed by atoms with E-state index in [-0.39, 0.29) is 0 Å². The number of fused-ring (bicyclic) bond motifs is 1. The Morgan fingerprint density at radius 2 is 1.83 bits per heavy atom. The standard InChI is InChI=1S/C29H28N6/c1-31-18-21-3-2-16-34(19-21)26-14-15-32-29-27(26)33-28(24-6-4-20(17-30)5-7-24)35(29)25-12-10-23(11-13-25)22-8-9-22/h4-7,10-15,18,21-22H,2-3,8-9,16,19H2,1H3/b31-18+. The van der Waals surface area contributed by atoms with Gasteiger partial charge in [-0.25, -0.2) is 9.97 Å². The van der Waals surface area contributed by atoms with Crippen LogP contribution in [0, 0.1) is 17.2 Å². The number of aliphatic imine (C=N–C) groups is 1. The van der Waals surface area contributed by atoms with Gasteiger partial charge in [-0.2, -0.15) is 5.26 Å². The molecule has 6 nitrogen and oxygen atoms in total. The van der Waals surface area contributed by atoms with E-state index in [1.807, 2.05) is 37.5 Å². The molecule has 174 valence electrons. The van der Waals surface area contributed by atoms with Crippen LogP contribution in [0.4, 0.5) is 5.69 Å². The van der Waals surface area contributed by atoms with Crippen LogP contribution in [0.15, 0.2) is 65.8 Å². The molecular weight excluding hydrogens is 432 g/mol. The highest BCUT2D eigenvalue weighted by molar-refractivity contribution is 5.91. The van der Waals surface area contributed by atoms with Crippen LogP contribution < -0.4 is 4.90 Å². The number of pyridine rings is 1. The van der Waals surface area contributed by atoms with Gasteiger partial charge in [-0.3, -0.25) is 4.57 Å². The molecule has 6 heteroatoms. The zero-order chi connectivity index (χ0) is 23.8. The molecule has 0 amide bonds. The average Bonchev–Trinajstić information content (AvgIpc) is 3.69. The zero-order valence-electron chi connectivity index (χ0n) is 19.9. The molecule has 1 aliphatic heterocycles. The first-order valence-corrected chi connectivity index (χ1v) is 12.4. The van der Waals surface area contributed by atoms with Crippen LogP contribution in [0.3, 0.4) is 0 Å². The van der Waals surface area contributed by atoms with Gasteiger partial charge in [0, 0.05) is 49.7 Å². The van der Waals surface area contributed by atoms with Crippen molar-refractivity contribution in [3.05, 3.63) is 71.9 Å². The average molecular weight is 461 g/mol. The topological polar surface area (TPSA) is 70.1 Å². The van der Waals surface area contributed by atoms with E-state index in [0.717, 1.165) is 53.4 Å². The first kappa shape index (κ1) is 21.5. The molecule has 0 radical (unpaired) electrons. The molecule has 1 saturated heterocycles. The highest BCUT2D eigenvalue weighted by Gasteiger charge is 2.25. The Morgan fingerprint density at radius 3 is 2.54 bits per heavy atom. The van der Waals surface area contributed by atoms with Crippen molar-refractivity contribution >= 4 is 23.1 Å². The number of aromatic nitrogens is 3. The summed E-state index contributed by atoms with van der Waals surface area (Å²) in [4.78, 5) is 16.7. The van der Waals surface area contributed by atoms with Gasteiger partial charge in [-0.15, -0.1) is 0 Å². The van der Waals surface area contributed by atoms with E-state index >= 15 is 0 Å². The van der Waals surface area contributed by atoms with Crippen LogP contribution in [0.25, 0.3) is 28.2 Å². The van der Waals surface area contributed by atoms with Gasteiger partial charge in [0.1, 0.15) is 11.3 Å². The van der Waals surface area contributed by atoms with Gasteiger partial charge in [0.25, 0.3) is 0 Å². The summed E-state index contributed by atoms with van der Waals surface area (Å²) in [5.74, 6) is 2.00. The number of anilines is 1. The van der Waals surface area contributed by atoms with Crippen LogP contribution in [0.2, 0.25) is 0 Å². The van der Waals surface area contributed by atoms with E-state index in [4.69, 9.17) is 9.97 Å². The van der Waals surface area contributed by atoms with Crippen LogP contribution in [-0.4, -0.2) is 40.9 Å². The van der Waals surface area contributed by atoms with Crippen molar-refractivity contribution in [2.75, 3.05) is 25.0 Å². The molecule has 0 N–H and O–H groups in total. The van der Waals surface area contributed by atoms with E-state index in [0.29, 0.717) is 17.4 Å². The Balaban J connectivity index is 1.50. The molecule has 6 rings (SSSR count). The predicted octanol–water partition coefficient (Wildman–Crippen LogP) is 5.75. The normalized spacial score (nSPS) is 18.3. The molecule has 35 heavy (non-hydrogen) atoms. The van der Waals surface area contributed by atoms with Gasteiger partial charge in [0.05, 0.1) is 17.3 Å². The van der Waals surface area contributed by atoms with Gasteiger partial charge in [-0.05, 0) is 79.6 Å². The largest absolute Gasteiger partial charge is 0.369 e. The Labute approximate surface area is 205 Å². The predicted molar refractivity (Wildman–Crippen MR) is 140 cm³/mol. The second-order valence-corrected chi connectivity index (χ2v) is 9.58. The van der Waals surface area contributed by atoms with Crippen LogP contribution in [0.5, 0.6) is 0 Å². The summed E-state index contributed by atoms with van der Waals surface area (Å²) in [6, 6.07) is 20.8. The van der Waals surface area contributed by atoms with Crippen molar-refractivity contribution in [2.45, 2.75) is 31.6 Å². The molecule has 2 aromatic carbocycles. The fraction of sp³-hybridized carbons (Fsp3) is 0.310. The summed E-state index contributed by atoms with van der Waals surface area (Å²) in [7, 11) is 1.85. The Bertz CT molecular complexity index is 1420. The molecule has 1 saturated carbocycles. The maximum Gasteiger partial charge on any atom is 0.167 e. The lowest BCUT2D eigenvalue weighted by Crippen LogP contribution is -2.36. The summed E-state index contributed by atoms with van der Waals surface area (Å²) < 4.78 is 2.16. The minimum Gasteiger partial charge on any atom is -0.369 e. The third-order valence-corrected chi connectivity index (χ3v) is 7.16. The van der Waals surface area contributed by atoms with Crippen molar-refractivity contribution < 1.29 is 0 Å². The monoisotopic (exact) mass is 460 g/mol. The summed E-state index contributed by atoms with van der Waals surface area (Å²) >= 11 is 0. The third kappa shape index (κ3) is 4.08. The van der Waals surface area contributed by atoms with Crippen LogP contribution >= 0.6 is 0 Å². The first-order valence-electron chi connectivity index (χ1n) is 12.4. The van der Waals surface area contributed by atoms with Crippen LogP contribution in [0.1, 0.15) is 42.7 Å². The minimum absolute atomic E-state index is 0.451. The molecular formula is C29H28N6. The number of hydrogen-bond donors (Lipinski definition) is 0. The Morgan fingerprint density at radius 1 is 1.03 bits per heavy atom. The van der Waals surface area contributed by atoms with Crippen molar-refractivity contribution in [2.24, 2.45) is 10.9 Å². The van der Waals surface area contributed by atoms with E-state index < -0.39 is 0 Å². The molecule has 0 spiro atoms. The molecule has 0 bridgehead atoms. The summed E-state index contributed by atoms with van der Waals surface area (Å²) in [6.07, 6.45) is 8.84. The van der Waals surface area contributed by atoms with Crippen molar-refractivity contribution in [3.63, 3.8) is 0 Å². The smallest absolute Gasteiger partial charge is 0.167 e. The van der Waals surface area contributed by atoms with Crippen LogP contribution in [-0.2, 0) is 0 Å². The fourth-order valence-electron chi connectivity index (χ4n) is 5.22. The molecule has 1 unspecified atom stereocenters. The molecule has 4 aromatic rings. The second kappa shape index (κ2) is 8.99. The Kier molecular flexibility index (Phi) is 5.54. The number of piperidine rings is 1. The second-order valence-electron chi connectivity index (χ2n) is 9.58. The summed E-state index contributed by atoms with van der Waals surface area (Å²) in [5, 5.41) is 9.27. The fourth-order valence-corrected chi connectivity index (χ4v) is 5.22. The highest BCUT2D eigenvalue weighted by Crippen LogP contribution is 2.40. The SMILES string of the molecule is C/N=C/C1CCCN(c2ccnc3c2nc(-c2ccc(C#N)cc2)n3-c2ccc(C3CC3)cc2)C1. The number of imidazole rings is 1. The number of benzene rings is 2. The summed E-state index contributed by atoms with van der Waals surface area (Å²) in [5.41, 5.74) is 6.95. The van der Waals surface area contributed by atoms with Crippen molar-refractivity contribution in [3.8, 4) is 23.1 Å². The lowest BCUT2D eigenvalue weighted by molar-refractivity contribution is 0.514. The molecule has 3 heterocycles. The quantitative estimate of drug-likeness (QED) is 0.355.